The number of hydrogen-bond acceptors (Lipinski definition) is 10. The molecule has 0 saturated carbocycles. The number of aryl methyl sites for hydroxylation is 2. The molecule has 2 rings (SSSR count). The molecule has 11 nitrogen and oxygen atoms in total. The molecule has 2 aromatic rings. The van der Waals surface area contributed by atoms with Crippen LogP contribution in [0.15, 0.2) is 24.3 Å². The average molecular weight is 779 g/mol. The Kier molecular flexibility index (Phi) is 19.6. The van der Waals surface area contributed by atoms with Crippen LogP contribution in [-0.2, 0) is 48.8 Å². The van der Waals surface area contributed by atoms with E-state index in [1.165, 1.54) is 19.4 Å². The van der Waals surface area contributed by atoms with Crippen molar-refractivity contribution in [3.63, 3.8) is 0 Å². The van der Waals surface area contributed by atoms with E-state index in [1.807, 2.05) is 12.1 Å². The van der Waals surface area contributed by atoms with Crippen molar-refractivity contribution >= 4 is 11.9 Å². The highest BCUT2D eigenvalue weighted by atomic mass is 16.5. The molecule has 0 radical (unpaired) electrons. The molecule has 0 amide bonds. The largest absolute Gasteiger partial charge is 0.507 e. The normalized spacial score (nSPS) is 12.6. The van der Waals surface area contributed by atoms with Crippen LogP contribution in [0.1, 0.15) is 143 Å². The lowest BCUT2D eigenvalue weighted by Gasteiger charge is -2.28. The Labute approximate surface area is 330 Å². The Morgan fingerprint density at radius 1 is 0.509 bits per heavy atom. The summed E-state index contributed by atoms with van der Waals surface area (Å²) in [5.41, 5.74) is 2.90. The summed E-state index contributed by atoms with van der Waals surface area (Å²) in [5, 5.41) is 73.9. The molecule has 316 valence electrons. The van der Waals surface area contributed by atoms with E-state index in [0.29, 0.717) is 24.3 Å². The highest BCUT2D eigenvalue weighted by Crippen LogP contribution is 2.41. The molecule has 11 heteroatoms. The summed E-state index contributed by atoms with van der Waals surface area (Å²) < 4.78 is 5.22. The van der Waals surface area contributed by atoms with Crippen LogP contribution in [0.2, 0.25) is 0 Å². The number of ether oxygens (including phenoxy) is 1. The fourth-order valence-electron chi connectivity index (χ4n) is 5.23. The number of benzene rings is 2. The Hall–Kier alpha value is -3.22. The zero-order valence-corrected chi connectivity index (χ0v) is 36.2. The van der Waals surface area contributed by atoms with Crippen LogP contribution in [0.3, 0.4) is 0 Å². The van der Waals surface area contributed by atoms with E-state index in [4.69, 9.17) is 25.2 Å². The first-order chi connectivity index (χ1) is 24.9. The Bertz CT molecular complexity index is 1440. The lowest BCUT2D eigenvalue weighted by atomic mass is 9.78. The molecule has 0 fully saturated rings. The van der Waals surface area contributed by atoms with Crippen molar-refractivity contribution in [3.05, 3.63) is 57.6 Å². The number of aliphatic carboxylic acids is 1. The van der Waals surface area contributed by atoms with Gasteiger partial charge in [0.1, 0.15) is 22.3 Å². The number of hydrogen-bond donors (Lipinski definition) is 8. The Morgan fingerprint density at radius 2 is 0.800 bits per heavy atom. The molecule has 0 bridgehead atoms. The third-order valence-corrected chi connectivity index (χ3v) is 9.44. The first-order valence-electron chi connectivity index (χ1n) is 19.1. The summed E-state index contributed by atoms with van der Waals surface area (Å²) in [6.07, 6.45) is 2.94. The van der Waals surface area contributed by atoms with E-state index in [1.54, 1.807) is 0 Å². The van der Waals surface area contributed by atoms with Gasteiger partial charge in [-0.1, -0.05) is 107 Å². The van der Waals surface area contributed by atoms with Crippen molar-refractivity contribution in [1.82, 2.24) is 0 Å². The zero-order valence-electron chi connectivity index (χ0n) is 36.2. The summed E-state index contributed by atoms with van der Waals surface area (Å²) in [6.45, 7) is 26.3. The fraction of sp³-hybridized carbons (Fsp3) is 0.682. The molecule has 0 aromatic heterocycles. The van der Waals surface area contributed by atoms with Crippen LogP contribution >= 0.6 is 0 Å². The van der Waals surface area contributed by atoms with E-state index < -0.39 is 49.2 Å². The number of carbonyl (C=O) groups excluding carboxylic acids is 1. The Morgan fingerprint density at radius 3 is 1.02 bits per heavy atom. The minimum atomic E-state index is -1.39. The van der Waals surface area contributed by atoms with E-state index in [9.17, 15) is 30.0 Å². The quantitative estimate of drug-likeness (QED) is 0.0822. The van der Waals surface area contributed by atoms with Gasteiger partial charge in [0.25, 0.3) is 0 Å². The number of phenols is 2. The second-order valence-corrected chi connectivity index (χ2v) is 19.2. The number of aliphatic hydroxyl groups is 5. The summed E-state index contributed by atoms with van der Waals surface area (Å²) in [7, 11) is 0. The van der Waals surface area contributed by atoms with Gasteiger partial charge < -0.3 is 45.6 Å². The summed E-state index contributed by atoms with van der Waals surface area (Å²) in [5.74, 6) is -1.00. The number of aromatic hydroxyl groups is 2. The molecule has 0 aliphatic heterocycles. The molecule has 55 heavy (non-hydrogen) atoms. The van der Waals surface area contributed by atoms with Crippen LogP contribution in [0.25, 0.3) is 0 Å². The first-order valence-corrected chi connectivity index (χ1v) is 19.1. The fourth-order valence-corrected chi connectivity index (χ4v) is 5.23. The number of carbonyl (C=O) groups is 2. The third kappa shape index (κ3) is 15.7. The highest BCUT2D eigenvalue weighted by Gasteiger charge is 2.34. The molecule has 0 aliphatic carbocycles. The standard InChI is InChI=1S/C22H36O5.C17H28O2.C5H10O4/c1-20(2,3)16-11-15(12-17(18(16)25)21(4,5)6)9-8-10-27-19(26)22(7,13-23)14-24;1-16(2,3)13-10-12(8-7-9-18)11-14(15(13)19)17(4,5)6;1-5(2-6,3-7)4(8)9/h11-12,23-25H,8-10,13-14H2,1-7H3;10-11,18-19H,7-9H2,1-6H3;6-7H,2-3H2,1H3,(H,8,9). The van der Waals surface area contributed by atoms with Crippen LogP contribution in [0, 0.1) is 10.8 Å². The van der Waals surface area contributed by atoms with Gasteiger partial charge in [-0.2, -0.15) is 0 Å². The van der Waals surface area contributed by atoms with E-state index >= 15 is 0 Å². The van der Waals surface area contributed by atoms with Crippen molar-refractivity contribution < 1.29 is 55.2 Å². The van der Waals surface area contributed by atoms with Crippen molar-refractivity contribution in [1.29, 1.82) is 0 Å². The molecular formula is C44H74O11. The SMILES string of the molecule is CC(C)(C)c1cc(CCCO)cc(C(C)(C)C)c1O.CC(CO)(CO)C(=O)O.CC(CO)(CO)C(=O)OCCCc1cc(C(C)(C)C)c(O)c(C(C)(C)C)c1. The number of carboxylic acids is 1. The second-order valence-electron chi connectivity index (χ2n) is 19.2. The van der Waals surface area contributed by atoms with Gasteiger partial charge in [0.15, 0.2) is 0 Å². The van der Waals surface area contributed by atoms with Crippen molar-refractivity contribution in [2.45, 2.75) is 144 Å². The number of esters is 1. The maximum Gasteiger partial charge on any atom is 0.316 e. The second kappa shape index (κ2) is 20.8. The molecule has 8 N–H and O–H groups in total. The van der Waals surface area contributed by atoms with Gasteiger partial charge >= 0.3 is 11.9 Å². The van der Waals surface area contributed by atoms with Gasteiger partial charge in [-0.3, -0.25) is 9.59 Å². The topological polar surface area (TPSA) is 205 Å². The van der Waals surface area contributed by atoms with Gasteiger partial charge in [-0.25, -0.2) is 0 Å². The molecule has 0 unspecified atom stereocenters. The van der Waals surface area contributed by atoms with Gasteiger partial charge in [0.2, 0.25) is 0 Å². The summed E-state index contributed by atoms with van der Waals surface area (Å²) >= 11 is 0. The monoisotopic (exact) mass is 779 g/mol. The van der Waals surface area contributed by atoms with Crippen LogP contribution in [-0.4, -0.2) is 92.4 Å². The Balaban J connectivity index is 0.000000900. The maximum absolute atomic E-state index is 12.0. The lowest BCUT2D eigenvalue weighted by molar-refractivity contribution is -0.160. The van der Waals surface area contributed by atoms with E-state index in [0.717, 1.165) is 40.7 Å². The lowest BCUT2D eigenvalue weighted by Crippen LogP contribution is -2.37. The van der Waals surface area contributed by atoms with Crippen LogP contribution < -0.4 is 0 Å². The predicted octanol–water partition coefficient (Wildman–Crippen LogP) is 6.43. The van der Waals surface area contributed by atoms with Gasteiger partial charge in [-0.05, 0) is 94.6 Å². The van der Waals surface area contributed by atoms with Crippen molar-refractivity contribution in [3.8, 4) is 11.5 Å². The molecule has 0 spiro atoms. The zero-order chi connectivity index (χ0) is 43.4. The molecule has 2 aromatic carbocycles. The van der Waals surface area contributed by atoms with E-state index in [-0.39, 0.29) is 34.9 Å². The van der Waals surface area contributed by atoms with Crippen LogP contribution in [0.5, 0.6) is 11.5 Å². The number of carboxylic acid groups (broad SMARTS) is 1. The molecule has 0 atom stereocenters. The molecule has 0 saturated heterocycles. The average Bonchev–Trinajstić information content (AvgIpc) is 3.07. The molecular weight excluding hydrogens is 704 g/mol. The maximum atomic E-state index is 12.0. The van der Waals surface area contributed by atoms with E-state index in [2.05, 4.69) is 95.2 Å². The number of phenolic OH excluding ortho intramolecular Hbond substituents is 2. The summed E-state index contributed by atoms with van der Waals surface area (Å²) in [4.78, 5) is 22.1. The molecule has 0 aliphatic rings. The highest BCUT2D eigenvalue weighted by molar-refractivity contribution is 5.76. The van der Waals surface area contributed by atoms with Gasteiger partial charge in [-0.15, -0.1) is 0 Å². The van der Waals surface area contributed by atoms with Crippen molar-refractivity contribution in [2.75, 3.05) is 39.6 Å². The van der Waals surface area contributed by atoms with Crippen LogP contribution in [0.4, 0.5) is 0 Å². The smallest absolute Gasteiger partial charge is 0.316 e. The van der Waals surface area contributed by atoms with Crippen molar-refractivity contribution in [2.24, 2.45) is 10.8 Å². The predicted molar refractivity (Wildman–Crippen MR) is 218 cm³/mol. The minimum Gasteiger partial charge on any atom is -0.507 e. The third-order valence-electron chi connectivity index (χ3n) is 9.44. The number of rotatable bonds is 13. The van der Waals surface area contributed by atoms with Gasteiger partial charge in [0, 0.05) is 6.61 Å². The minimum absolute atomic E-state index is 0.0840. The van der Waals surface area contributed by atoms with Gasteiger partial charge in [0.05, 0.1) is 33.0 Å². The summed E-state index contributed by atoms with van der Waals surface area (Å²) in [6, 6.07) is 8.22. The molecule has 0 heterocycles. The number of aliphatic hydroxyl groups excluding tert-OH is 5. The first kappa shape index (κ1) is 51.8.